The molecule has 0 saturated carbocycles. The van der Waals surface area contributed by atoms with E-state index in [-0.39, 0.29) is 0 Å². The van der Waals surface area contributed by atoms with Gasteiger partial charge in [0.2, 0.25) is 0 Å². The zero-order valence-electron chi connectivity index (χ0n) is 13.5. The molecule has 1 saturated heterocycles. The Labute approximate surface area is 127 Å². The first-order valence-electron chi connectivity index (χ1n) is 7.93. The number of piperazine rings is 1. The van der Waals surface area contributed by atoms with E-state index >= 15 is 0 Å². The third-order valence-corrected chi connectivity index (χ3v) is 4.17. The maximum Gasteiger partial charge on any atom is 0.168 e. The summed E-state index contributed by atoms with van der Waals surface area (Å²) in [6.45, 7) is 7.99. The maximum absolute atomic E-state index is 5.15. The molecule has 0 aliphatic carbocycles. The molecule has 0 aromatic carbocycles. The van der Waals surface area contributed by atoms with Crippen LogP contribution in [0.2, 0.25) is 0 Å². The highest BCUT2D eigenvalue weighted by atomic mass is 16.5. The average Bonchev–Trinajstić information content (AvgIpc) is 2.95. The van der Waals surface area contributed by atoms with E-state index in [0.717, 1.165) is 45.0 Å². The number of methoxy groups -OCH3 is 1. The van der Waals surface area contributed by atoms with E-state index in [1.807, 2.05) is 4.68 Å². The van der Waals surface area contributed by atoms with Crippen LogP contribution in [0.1, 0.15) is 38.1 Å². The molecule has 0 unspecified atom stereocenters. The predicted molar refractivity (Wildman–Crippen MR) is 81.0 cm³/mol. The molecule has 1 atom stereocenters. The molecule has 0 bridgehead atoms. The molecule has 0 spiro atoms. The van der Waals surface area contributed by atoms with E-state index in [1.165, 1.54) is 12.8 Å². The van der Waals surface area contributed by atoms with Gasteiger partial charge in [0, 0.05) is 33.3 Å². The second-order valence-corrected chi connectivity index (χ2v) is 5.75. The summed E-state index contributed by atoms with van der Waals surface area (Å²) in [5, 5.41) is 12.3. The van der Waals surface area contributed by atoms with Crippen LogP contribution in [0.15, 0.2) is 0 Å². The van der Waals surface area contributed by atoms with E-state index in [9.17, 15) is 0 Å². The van der Waals surface area contributed by atoms with Crippen LogP contribution in [-0.2, 0) is 11.3 Å². The van der Waals surface area contributed by atoms with Crippen LogP contribution in [0, 0.1) is 0 Å². The van der Waals surface area contributed by atoms with Gasteiger partial charge in [-0.05, 0) is 23.9 Å². The lowest BCUT2D eigenvalue weighted by Crippen LogP contribution is -2.46. The zero-order chi connectivity index (χ0) is 15.1. The molecule has 0 amide bonds. The van der Waals surface area contributed by atoms with Crippen molar-refractivity contribution in [1.82, 2.24) is 30.0 Å². The Balaban J connectivity index is 2.09. The lowest BCUT2D eigenvalue weighted by molar-refractivity contribution is 0.0969. The largest absolute Gasteiger partial charge is 0.383 e. The first-order valence-corrected chi connectivity index (χ1v) is 7.93. The van der Waals surface area contributed by atoms with Gasteiger partial charge in [0.25, 0.3) is 0 Å². The van der Waals surface area contributed by atoms with Crippen molar-refractivity contribution < 1.29 is 4.74 Å². The van der Waals surface area contributed by atoms with Crippen LogP contribution < -0.4 is 0 Å². The van der Waals surface area contributed by atoms with Crippen LogP contribution in [0.25, 0.3) is 0 Å². The highest BCUT2D eigenvalue weighted by Gasteiger charge is 2.27. The summed E-state index contributed by atoms with van der Waals surface area (Å²) in [6, 6.07) is 0.325. The van der Waals surface area contributed by atoms with E-state index < -0.39 is 0 Å². The van der Waals surface area contributed by atoms with Crippen molar-refractivity contribution in [3.63, 3.8) is 0 Å². The number of aromatic nitrogens is 4. The Hall–Kier alpha value is -1.05. The minimum Gasteiger partial charge on any atom is -0.383 e. The summed E-state index contributed by atoms with van der Waals surface area (Å²) < 4.78 is 7.06. The van der Waals surface area contributed by atoms with Crippen molar-refractivity contribution in [1.29, 1.82) is 0 Å². The summed E-state index contributed by atoms with van der Waals surface area (Å²) in [5.74, 6) is 0.991. The summed E-state index contributed by atoms with van der Waals surface area (Å²) in [4.78, 5) is 4.91. The molecular formula is C14H28N6O. The zero-order valence-corrected chi connectivity index (χ0v) is 13.5. The molecule has 1 fully saturated rings. The highest BCUT2D eigenvalue weighted by molar-refractivity contribution is 4.95. The van der Waals surface area contributed by atoms with Gasteiger partial charge in [-0.3, -0.25) is 4.90 Å². The molecular weight excluding hydrogens is 268 g/mol. The lowest BCUT2D eigenvalue weighted by atomic mass is 10.1. The van der Waals surface area contributed by atoms with Crippen molar-refractivity contribution in [3.05, 3.63) is 5.82 Å². The molecule has 7 heteroatoms. The third kappa shape index (κ3) is 4.46. The summed E-state index contributed by atoms with van der Waals surface area (Å²) >= 11 is 0. The van der Waals surface area contributed by atoms with Crippen LogP contribution in [0.3, 0.4) is 0 Å². The molecule has 0 N–H and O–H groups in total. The number of ether oxygens (including phenoxy) is 1. The molecule has 7 nitrogen and oxygen atoms in total. The van der Waals surface area contributed by atoms with Crippen molar-refractivity contribution in [3.8, 4) is 0 Å². The van der Waals surface area contributed by atoms with Gasteiger partial charge in [-0.15, -0.1) is 5.10 Å². The SMILES string of the molecule is CCCC[C@@H](c1nnnn1CCOC)N1CCN(C)CC1. The first kappa shape index (κ1) is 16.3. The normalized spacial score (nSPS) is 19.0. The molecule has 1 aliphatic heterocycles. The molecule has 2 rings (SSSR count). The van der Waals surface area contributed by atoms with Gasteiger partial charge in [0.1, 0.15) is 0 Å². The molecule has 2 heterocycles. The second-order valence-electron chi connectivity index (χ2n) is 5.75. The fourth-order valence-electron chi connectivity index (χ4n) is 2.79. The smallest absolute Gasteiger partial charge is 0.168 e. The number of hydrogen-bond donors (Lipinski definition) is 0. The Kier molecular flexibility index (Phi) is 6.53. The van der Waals surface area contributed by atoms with Gasteiger partial charge in [-0.25, -0.2) is 4.68 Å². The van der Waals surface area contributed by atoms with Crippen LogP contribution in [0.4, 0.5) is 0 Å². The molecule has 21 heavy (non-hydrogen) atoms. The molecule has 1 aromatic rings. The number of hydrogen-bond acceptors (Lipinski definition) is 6. The van der Waals surface area contributed by atoms with Gasteiger partial charge >= 0.3 is 0 Å². The first-order chi connectivity index (χ1) is 10.3. The maximum atomic E-state index is 5.15. The van der Waals surface area contributed by atoms with Crippen LogP contribution in [0.5, 0.6) is 0 Å². The van der Waals surface area contributed by atoms with Crippen molar-refractivity contribution in [2.75, 3.05) is 46.9 Å². The Bertz CT molecular complexity index is 402. The Morgan fingerprint density at radius 3 is 2.67 bits per heavy atom. The van der Waals surface area contributed by atoms with Crippen molar-refractivity contribution >= 4 is 0 Å². The summed E-state index contributed by atoms with van der Waals surface area (Å²) in [7, 11) is 3.89. The number of rotatable bonds is 8. The average molecular weight is 296 g/mol. The number of tetrazole rings is 1. The number of unbranched alkanes of at least 4 members (excludes halogenated alkanes) is 1. The number of nitrogens with zero attached hydrogens (tertiary/aromatic N) is 6. The second kappa shape index (κ2) is 8.41. The van der Waals surface area contributed by atoms with E-state index in [4.69, 9.17) is 4.74 Å². The minimum absolute atomic E-state index is 0.325. The fourth-order valence-corrected chi connectivity index (χ4v) is 2.79. The lowest BCUT2D eigenvalue weighted by Gasteiger charge is -2.37. The standard InChI is InChI=1S/C14H28N6O/c1-4-5-6-13(19-9-7-18(2)8-10-19)14-15-16-17-20(14)11-12-21-3/h13H,4-12H2,1-3H3/t13-/m0/s1. The Morgan fingerprint density at radius 2 is 2.00 bits per heavy atom. The van der Waals surface area contributed by atoms with Crippen molar-refractivity contribution in [2.45, 2.75) is 38.8 Å². The quantitative estimate of drug-likeness (QED) is 0.707. The van der Waals surface area contributed by atoms with E-state index in [2.05, 4.69) is 39.3 Å². The van der Waals surface area contributed by atoms with Gasteiger partial charge in [-0.1, -0.05) is 19.8 Å². The van der Waals surface area contributed by atoms with Gasteiger partial charge in [-0.2, -0.15) is 0 Å². The van der Waals surface area contributed by atoms with Gasteiger partial charge in [0.05, 0.1) is 19.2 Å². The van der Waals surface area contributed by atoms with Gasteiger partial charge in [0.15, 0.2) is 5.82 Å². The van der Waals surface area contributed by atoms with Crippen molar-refractivity contribution in [2.24, 2.45) is 0 Å². The molecule has 120 valence electrons. The molecule has 0 radical (unpaired) electrons. The molecule has 1 aromatic heterocycles. The third-order valence-electron chi connectivity index (χ3n) is 4.17. The van der Waals surface area contributed by atoms with Crippen LogP contribution >= 0.6 is 0 Å². The van der Waals surface area contributed by atoms with Crippen LogP contribution in [-0.4, -0.2) is 77.0 Å². The summed E-state index contributed by atoms with van der Waals surface area (Å²) in [6.07, 6.45) is 3.52. The molecule has 1 aliphatic rings. The Morgan fingerprint density at radius 1 is 1.24 bits per heavy atom. The van der Waals surface area contributed by atoms with Gasteiger partial charge < -0.3 is 9.64 Å². The topological polar surface area (TPSA) is 59.3 Å². The summed E-state index contributed by atoms with van der Waals surface area (Å²) in [5.41, 5.74) is 0. The van der Waals surface area contributed by atoms with E-state index in [1.54, 1.807) is 7.11 Å². The minimum atomic E-state index is 0.325. The number of likely N-dealkylation sites (N-methyl/N-ethyl adjacent to an activating group) is 1. The van der Waals surface area contributed by atoms with E-state index in [0.29, 0.717) is 12.6 Å². The fraction of sp³-hybridized carbons (Fsp3) is 0.929. The highest BCUT2D eigenvalue weighted by Crippen LogP contribution is 2.25. The monoisotopic (exact) mass is 296 g/mol. The predicted octanol–water partition coefficient (Wildman–Crippen LogP) is 0.798.